The van der Waals surface area contributed by atoms with E-state index in [4.69, 9.17) is 29.4 Å². The molecule has 1 spiro atoms. The number of ether oxygens (including phenoxy) is 5. The number of amides is 1. The monoisotopic (exact) mass is 620 g/mol. The first-order chi connectivity index (χ1) is 20.7. The van der Waals surface area contributed by atoms with Gasteiger partial charge in [-0.2, -0.15) is 0 Å². The fourth-order valence-corrected chi connectivity index (χ4v) is 8.84. The third-order valence-corrected chi connectivity index (χ3v) is 10.3. The molecule has 0 aromatic heterocycles. The summed E-state index contributed by atoms with van der Waals surface area (Å²) in [5.74, 6) is -6.45. The van der Waals surface area contributed by atoms with Crippen molar-refractivity contribution in [3.63, 3.8) is 0 Å². The van der Waals surface area contributed by atoms with Crippen molar-refractivity contribution < 1.29 is 57.9 Å². The highest BCUT2D eigenvalue weighted by Gasteiger charge is 2.85. The van der Waals surface area contributed by atoms with Gasteiger partial charge in [0.15, 0.2) is 18.1 Å². The quantitative estimate of drug-likeness (QED) is 0.147. The van der Waals surface area contributed by atoms with Gasteiger partial charge in [0, 0.05) is 36.9 Å². The summed E-state index contributed by atoms with van der Waals surface area (Å²) in [7, 11) is 1.09. The largest absolute Gasteiger partial charge is 0.480 e. The van der Waals surface area contributed by atoms with Crippen LogP contribution in [0.2, 0.25) is 0 Å². The van der Waals surface area contributed by atoms with Crippen LogP contribution >= 0.6 is 0 Å². The summed E-state index contributed by atoms with van der Waals surface area (Å²) < 4.78 is 28.4. The molecule has 4 fully saturated rings. The van der Waals surface area contributed by atoms with E-state index >= 15 is 0 Å². The van der Waals surface area contributed by atoms with Gasteiger partial charge in [0.2, 0.25) is 11.7 Å². The normalized spacial score (nSPS) is 40.2. The Bertz CT molecular complexity index is 1340. The Hall–Kier alpha value is -3.33. The van der Waals surface area contributed by atoms with Crippen LogP contribution in [-0.4, -0.2) is 103 Å². The van der Waals surface area contributed by atoms with Crippen LogP contribution in [0.3, 0.4) is 0 Å². The molecule has 5 rings (SSSR count). The molecule has 10 atom stereocenters. The number of esters is 3. The zero-order valence-corrected chi connectivity index (χ0v) is 25.4. The van der Waals surface area contributed by atoms with Gasteiger partial charge in [0.1, 0.15) is 12.2 Å². The van der Waals surface area contributed by atoms with Crippen molar-refractivity contribution in [3.05, 3.63) is 23.0 Å². The molecule has 0 aromatic rings. The summed E-state index contributed by atoms with van der Waals surface area (Å²) in [4.78, 5) is 65.7. The number of nitrogens with two attached hydrogens (primary N) is 1. The van der Waals surface area contributed by atoms with Gasteiger partial charge in [0.25, 0.3) is 5.91 Å². The molecule has 2 saturated heterocycles. The minimum atomic E-state index is -2.25. The van der Waals surface area contributed by atoms with Gasteiger partial charge in [-0.1, -0.05) is 12.5 Å². The van der Waals surface area contributed by atoms with Crippen LogP contribution < -0.4 is 11.1 Å². The number of nitrogens with one attached hydrogen (secondary N) is 1. The summed E-state index contributed by atoms with van der Waals surface area (Å²) in [6.07, 6.45) is -4.99. The number of hydrogen-bond acceptors (Lipinski definition) is 13. The number of hydrogen-bond donors (Lipinski definition) is 4. The third-order valence-electron chi connectivity index (χ3n) is 10.3. The number of aliphatic hydroxyl groups excluding tert-OH is 2. The van der Waals surface area contributed by atoms with E-state index in [0.29, 0.717) is 11.1 Å². The fraction of sp³-hybridized carbons (Fsp3) is 0.700. The van der Waals surface area contributed by atoms with E-state index in [1.165, 1.54) is 6.08 Å². The Kier molecular flexibility index (Phi) is 8.19. The van der Waals surface area contributed by atoms with E-state index in [-0.39, 0.29) is 38.3 Å². The topological polar surface area (TPSA) is 210 Å². The molecule has 2 heterocycles. The van der Waals surface area contributed by atoms with E-state index in [0.717, 1.165) is 7.11 Å². The van der Waals surface area contributed by atoms with Crippen LogP contribution in [0, 0.1) is 28.6 Å². The molecule has 2 bridgehead atoms. The molecule has 5 N–H and O–H groups in total. The zero-order valence-electron chi connectivity index (χ0n) is 25.4. The molecule has 0 aromatic carbocycles. The van der Waals surface area contributed by atoms with Gasteiger partial charge >= 0.3 is 17.9 Å². The molecular weight excluding hydrogens is 580 g/mol. The SMILES string of the molecule is COC(=O)[C@@]12OC[C@]34C([C@@H](O)[C@@H]1O)[C@@]1(C)CC(=O)C(OCC(=O)NCCN)=C(C)[C@@H]1C[C@H]3OC(=O)[C@H](OC(=O)C=C(C)C)[C@@H]24. The number of carbonyl (C=O) groups excluding carboxylic acids is 5. The van der Waals surface area contributed by atoms with E-state index < -0.39 is 94.8 Å². The number of methoxy groups -OCH3 is 1. The average molecular weight is 621 g/mol. The molecule has 44 heavy (non-hydrogen) atoms. The van der Waals surface area contributed by atoms with Crippen LogP contribution in [0.25, 0.3) is 0 Å². The minimum Gasteiger partial charge on any atom is -0.480 e. The highest BCUT2D eigenvalue weighted by atomic mass is 16.6. The van der Waals surface area contributed by atoms with Gasteiger partial charge < -0.3 is 44.9 Å². The highest BCUT2D eigenvalue weighted by Crippen LogP contribution is 2.72. The van der Waals surface area contributed by atoms with Crippen molar-refractivity contribution >= 4 is 29.6 Å². The molecule has 3 aliphatic carbocycles. The molecule has 1 unspecified atom stereocenters. The molecule has 5 aliphatic rings. The molecule has 1 amide bonds. The second-order valence-corrected chi connectivity index (χ2v) is 12.9. The van der Waals surface area contributed by atoms with Crippen LogP contribution in [0.15, 0.2) is 23.0 Å². The van der Waals surface area contributed by atoms with Crippen LogP contribution in [-0.2, 0) is 47.7 Å². The number of allylic oxidation sites excluding steroid dienone is 3. The van der Waals surface area contributed by atoms with Crippen LogP contribution in [0.5, 0.6) is 0 Å². The van der Waals surface area contributed by atoms with Crippen molar-refractivity contribution in [2.75, 3.05) is 33.4 Å². The molecule has 2 saturated carbocycles. The molecule has 14 heteroatoms. The predicted molar refractivity (Wildman–Crippen MR) is 148 cm³/mol. The van der Waals surface area contributed by atoms with Crippen LogP contribution in [0.1, 0.15) is 40.5 Å². The summed E-state index contributed by atoms with van der Waals surface area (Å²) >= 11 is 0. The number of carbonyl (C=O) groups is 5. The van der Waals surface area contributed by atoms with Crippen molar-refractivity contribution in [3.8, 4) is 0 Å². The lowest BCUT2D eigenvalue weighted by atomic mass is 9.38. The van der Waals surface area contributed by atoms with E-state index in [1.54, 1.807) is 27.7 Å². The highest BCUT2D eigenvalue weighted by molar-refractivity contribution is 5.96. The number of ketones is 1. The maximum atomic E-state index is 13.6. The second-order valence-electron chi connectivity index (χ2n) is 12.9. The molecule has 2 aliphatic heterocycles. The number of Topliss-reactive ketones (excluding diaryl/α,β-unsaturated/α-hetero) is 1. The Morgan fingerprint density at radius 1 is 1.18 bits per heavy atom. The van der Waals surface area contributed by atoms with Crippen LogP contribution in [0.4, 0.5) is 0 Å². The van der Waals surface area contributed by atoms with Gasteiger partial charge in [-0.05, 0) is 44.1 Å². The van der Waals surface area contributed by atoms with Crippen molar-refractivity contribution in [1.29, 1.82) is 0 Å². The van der Waals surface area contributed by atoms with Crippen molar-refractivity contribution in [1.82, 2.24) is 5.32 Å². The minimum absolute atomic E-state index is 0.0102. The number of fused-ring (bicyclic) bond motifs is 2. The van der Waals surface area contributed by atoms with Crippen molar-refractivity contribution in [2.45, 2.75) is 70.6 Å². The lowest BCUT2D eigenvalue weighted by molar-refractivity contribution is -0.290. The molecule has 14 nitrogen and oxygen atoms in total. The maximum absolute atomic E-state index is 13.6. The Morgan fingerprint density at radius 2 is 1.89 bits per heavy atom. The molecule has 0 radical (unpaired) electrons. The first-order valence-corrected chi connectivity index (χ1v) is 14.7. The van der Waals surface area contributed by atoms with E-state index in [1.807, 2.05) is 0 Å². The smallest absolute Gasteiger partial charge is 0.348 e. The lowest BCUT2D eigenvalue weighted by Crippen LogP contribution is -2.79. The molecular formula is C30H40N2O12. The Morgan fingerprint density at radius 3 is 2.52 bits per heavy atom. The second kappa shape index (κ2) is 11.2. The Balaban J connectivity index is 1.62. The summed E-state index contributed by atoms with van der Waals surface area (Å²) in [6.45, 7) is 6.64. The summed E-state index contributed by atoms with van der Waals surface area (Å²) in [5.41, 5.74) is 1.87. The zero-order chi connectivity index (χ0) is 32.4. The third kappa shape index (κ3) is 4.40. The van der Waals surface area contributed by atoms with Gasteiger partial charge in [-0.15, -0.1) is 0 Å². The maximum Gasteiger partial charge on any atom is 0.348 e. The average Bonchev–Trinajstić information content (AvgIpc) is 3.26. The lowest BCUT2D eigenvalue weighted by Gasteiger charge is -2.67. The van der Waals surface area contributed by atoms with Gasteiger partial charge in [-0.25, -0.2) is 14.4 Å². The first kappa shape index (κ1) is 32.1. The van der Waals surface area contributed by atoms with E-state index in [9.17, 15) is 34.2 Å². The van der Waals surface area contributed by atoms with E-state index in [2.05, 4.69) is 5.32 Å². The molecule has 242 valence electrons. The summed E-state index contributed by atoms with van der Waals surface area (Å²) in [5, 5.41) is 26.1. The Labute approximate surface area is 254 Å². The van der Waals surface area contributed by atoms with Crippen molar-refractivity contribution in [2.24, 2.45) is 34.3 Å². The number of rotatable bonds is 8. The van der Waals surface area contributed by atoms with Gasteiger partial charge in [0.05, 0.1) is 25.7 Å². The number of aliphatic hydroxyl groups is 2. The first-order valence-electron chi connectivity index (χ1n) is 14.7. The van der Waals surface area contributed by atoms with Gasteiger partial charge in [-0.3, -0.25) is 9.59 Å². The summed E-state index contributed by atoms with van der Waals surface area (Å²) in [6, 6.07) is 0. The predicted octanol–water partition coefficient (Wildman–Crippen LogP) is -0.949. The fourth-order valence-electron chi connectivity index (χ4n) is 8.84. The standard InChI is InChI=1S/C30H40N2O12/c1-13(2)8-19(35)44-22-24-29-12-42-30(24,27(39)40-5)25(37)20(36)23(29)28(4)10-16(33)21(41-11-18(34)32-7-6-31)14(3)15(28)9-17(29)43-26(22)38/h8,15,17,20,22-25,36-37H,6-7,9-12,31H2,1-5H3,(H,32,34)/t15-,17+,20+,22+,23?,24+,25-,28-,29+,30-/m0/s1.